The Kier molecular flexibility index (Phi) is 5.35. The lowest BCUT2D eigenvalue weighted by atomic mass is 10.1. The van der Waals surface area contributed by atoms with Crippen molar-refractivity contribution in [3.63, 3.8) is 0 Å². The van der Waals surface area contributed by atoms with Gasteiger partial charge in [0.1, 0.15) is 5.75 Å². The Morgan fingerprint density at radius 2 is 1.59 bits per heavy atom. The maximum absolute atomic E-state index is 7.31. The highest BCUT2D eigenvalue weighted by molar-refractivity contribution is 5.99. The van der Waals surface area contributed by atoms with Gasteiger partial charge in [0, 0.05) is 17.8 Å². The fourth-order valence-electron chi connectivity index (χ4n) is 3.43. The van der Waals surface area contributed by atoms with Crippen molar-refractivity contribution in [2.45, 2.75) is 13.1 Å². The summed E-state index contributed by atoms with van der Waals surface area (Å²) in [4.78, 5) is 14.8. The molecule has 0 saturated heterocycles. The molecular formula is C24H20N4O. The molecule has 0 atom stereocenters. The number of benzene rings is 2. The first-order valence-corrected chi connectivity index (χ1v) is 9.31. The third-order valence-corrected chi connectivity index (χ3v) is 4.76. The molecule has 4 rings (SSSR count). The quantitative estimate of drug-likeness (QED) is 0.420. The van der Waals surface area contributed by atoms with Crippen molar-refractivity contribution in [2.24, 2.45) is 0 Å². The zero-order chi connectivity index (χ0) is 20.1. The van der Waals surface area contributed by atoms with E-state index in [4.69, 9.17) is 11.3 Å². The van der Waals surface area contributed by atoms with Gasteiger partial charge < -0.3 is 9.64 Å². The third kappa shape index (κ3) is 4.02. The summed E-state index contributed by atoms with van der Waals surface area (Å²) in [6, 6.07) is 21.5. The van der Waals surface area contributed by atoms with Crippen molar-refractivity contribution < 1.29 is 4.74 Å². The molecule has 0 spiro atoms. The van der Waals surface area contributed by atoms with E-state index in [9.17, 15) is 0 Å². The summed E-state index contributed by atoms with van der Waals surface area (Å²) in [5, 5.41) is 2.03. The summed E-state index contributed by atoms with van der Waals surface area (Å²) >= 11 is 0. The fraction of sp³-hybridized carbons (Fsp3) is 0.125. The first-order chi connectivity index (χ1) is 14.3. The second-order valence-corrected chi connectivity index (χ2v) is 6.63. The Balaban J connectivity index is 1.86. The predicted molar refractivity (Wildman–Crippen MR) is 115 cm³/mol. The highest BCUT2D eigenvalue weighted by atomic mass is 16.5. The average Bonchev–Trinajstić information content (AvgIpc) is 2.79. The van der Waals surface area contributed by atoms with Gasteiger partial charge in [0.05, 0.1) is 43.8 Å². The molecule has 142 valence electrons. The van der Waals surface area contributed by atoms with Gasteiger partial charge in [-0.1, -0.05) is 30.3 Å². The normalized spacial score (nSPS) is 10.5. The Morgan fingerprint density at radius 1 is 0.897 bits per heavy atom. The van der Waals surface area contributed by atoms with Crippen molar-refractivity contribution >= 4 is 22.1 Å². The van der Waals surface area contributed by atoms with Gasteiger partial charge in [-0.25, -0.2) is 4.85 Å². The van der Waals surface area contributed by atoms with Crippen LogP contribution in [0, 0.1) is 6.57 Å². The van der Waals surface area contributed by atoms with Gasteiger partial charge in [-0.2, -0.15) is 0 Å². The molecule has 0 aliphatic heterocycles. The van der Waals surface area contributed by atoms with Crippen LogP contribution in [0.15, 0.2) is 79.1 Å². The smallest absolute Gasteiger partial charge is 0.187 e. The van der Waals surface area contributed by atoms with Gasteiger partial charge in [0.2, 0.25) is 0 Å². The molecule has 2 heterocycles. The summed E-state index contributed by atoms with van der Waals surface area (Å²) in [6.45, 7) is 8.52. The maximum atomic E-state index is 7.31. The second-order valence-electron chi connectivity index (χ2n) is 6.63. The van der Waals surface area contributed by atoms with E-state index >= 15 is 0 Å². The number of aromatic nitrogens is 2. The van der Waals surface area contributed by atoms with Gasteiger partial charge in [0.25, 0.3) is 0 Å². The number of fused-ring (bicyclic) bond motifs is 1. The van der Waals surface area contributed by atoms with Crippen LogP contribution in [-0.4, -0.2) is 17.1 Å². The molecular weight excluding hydrogens is 360 g/mol. The van der Waals surface area contributed by atoms with E-state index in [1.165, 1.54) is 0 Å². The van der Waals surface area contributed by atoms with E-state index in [0.717, 1.165) is 33.6 Å². The van der Waals surface area contributed by atoms with Crippen molar-refractivity contribution in [1.29, 1.82) is 0 Å². The predicted octanol–water partition coefficient (Wildman–Crippen LogP) is 5.40. The minimum Gasteiger partial charge on any atom is -0.495 e. The van der Waals surface area contributed by atoms with Crippen LogP contribution in [0.4, 0.5) is 11.4 Å². The van der Waals surface area contributed by atoms with Crippen LogP contribution >= 0.6 is 0 Å². The van der Waals surface area contributed by atoms with E-state index in [2.05, 4.69) is 19.7 Å². The first-order valence-electron chi connectivity index (χ1n) is 9.31. The van der Waals surface area contributed by atoms with E-state index in [-0.39, 0.29) is 0 Å². The molecule has 2 aromatic carbocycles. The van der Waals surface area contributed by atoms with Crippen LogP contribution in [0.3, 0.4) is 0 Å². The van der Waals surface area contributed by atoms with Crippen LogP contribution in [0.1, 0.15) is 11.4 Å². The van der Waals surface area contributed by atoms with Crippen molar-refractivity contribution in [2.75, 3.05) is 12.0 Å². The highest BCUT2D eigenvalue weighted by Crippen LogP contribution is 2.39. The SMILES string of the molecule is [C-]#[N+]c1ccc2c(N(Cc3ccccn3)Cc3ccccn3)c(OC)ccc2c1. The number of hydrogen-bond acceptors (Lipinski definition) is 4. The fourth-order valence-corrected chi connectivity index (χ4v) is 3.43. The van der Waals surface area contributed by atoms with Crippen LogP contribution in [-0.2, 0) is 13.1 Å². The summed E-state index contributed by atoms with van der Waals surface area (Å²) in [6.07, 6.45) is 3.60. The molecule has 5 nitrogen and oxygen atoms in total. The lowest BCUT2D eigenvalue weighted by Crippen LogP contribution is -2.24. The number of anilines is 1. The largest absolute Gasteiger partial charge is 0.495 e. The molecule has 2 aromatic heterocycles. The number of rotatable bonds is 6. The van der Waals surface area contributed by atoms with Crippen molar-refractivity contribution in [3.8, 4) is 5.75 Å². The standard InChI is InChI=1S/C24H20N4O/c1-25-19-10-11-22-18(15-19)9-12-23(29-2)24(22)28(16-20-7-3-5-13-26-20)17-21-8-4-6-14-27-21/h3-15H,16-17H2,2H3. The molecule has 29 heavy (non-hydrogen) atoms. The molecule has 0 N–H and O–H groups in total. The summed E-state index contributed by atoms with van der Waals surface area (Å²) in [5.41, 5.74) is 3.51. The maximum Gasteiger partial charge on any atom is 0.187 e. The Hall–Kier alpha value is -3.91. The number of nitrogens with zero attached hydrogens (tertiary/aromatic N) is 4. The van der Waals surface area contributed by atoms with Crippen LogP contribution < -0.4 is 9.64 Å². The van der Waals surface area contributed by atoms with Gasteiger partial charge in [-0.3, -0.25) is 9.97 Å². The van der Waals surface area contributed by atoms with Crippen molar-refractivity contribution in [3.05, 3.63) is 102 Å². The molecule has 0 unspecified atom stereocenters. The van der Waals surface area contributed by atoms with Gasteiger partial charge in [0.15, 0.2) is 5.69 Å². The lowest BCUT2D eigenvalue weighted by molar-refractivity contribution is 0.414. The minimum atomic E-state index is 0.609. The average molecular weight is 380 g/mol. The van der Waals surface area contributed by atoms with E-state index in [1.54, 1.807) is 19.5 Å². The molecule has 0 aliphatic rings. The Morgan fingerprint density at radius 3 is 2.14 bits per heavy atom. The zero-order valence-corrected chi connectivity index (χ0v) is 16.1. The third-order valence-electron chi connectivity index (χ3n) is 4.76. The minimum absolute atomic E-state index is 0.609. The summed E-state index contributed by atoms with van der Waals surface area (Å²) in [5.74, 6) is 0.778. The van der Waals surface area contributed by atoms with Crippen molar-refractivity contribution in [1.82, 2.24) is 9.97 Å². The Bertz CT molecular complexity index is 1110. The monoisotopic (exact) mass is 380 g/mol. The topological polar surface area (TPSA) is 42.6 Å². The Labute approximate surface area is 170 Å². The molecule has 0 saturated carbocycles. The van der Waals surface area contributed by atoms with E-state index in [0.29, 0.717) is 18.8 Å². The molecule has 5 heteroatoms. The number of hydrogen-bond donors (Lipinski definition) is 0. The molecule has 0 aliphatic carbocycles. The van der Waals surface area contributed by atoms with E-state index < -0.39 is 0 Å². The lowest BCUT2D eigenvalue weighted by Gasteiger charge is -2.27. The zero-order valence-electron chi connectivity index (χ0n) is 16.1. The summed E-state index contributed by atoms with van der Waals surface area (Å²) < 4.78 is 5.72. The summed E-state index contributed by atoms with van der Waals surface area (Å²) in [7, 11) is 1.68. The van der Waals surface area contributed by atoms with Gasteiger partial charge >= 0.3 is 0 Å². The molecule has 0 fully saturated rings. The molecule has 0 amide bonds. The number of pyridine rings is 2. The van der Waals surface area contributed by atoms with Crippen LogP contribution in [0.2, 0.25) is 0 Å². The second kappa shape index (κ2) is 8.41. The molecule has 0 bridgehead atoms. The first kappa shape index (κ1) is 18.5. The highest BCUT2D eigenvalue weighted by Gasteiger charge is 2.18. The van der Waals surface area contributed by atoms with Gasteiger partial charge in [-0.05, 0) is 41.8 Å². The van der Waals surface area contributed by atoms with Gasteiger partial charge in [-0.15, -0.1) is 0 Å². The molecule has 4 aromatic rings. The number of ether oxygens (including phenoxy) is 1. The van der Waals surface area contributed by atoms with E-state index in [1.807, 2.05) is 66.7 Å². The van der Waals surface area contributed by atoms with Crippen LogP contribution in [0.5, 0.6) is 5.75 Å². The molecule has 0 radical (unpaired) electrons. The number of methoxy groups -OCH3 is 1. The van der Waals surface area contributed by atoms with Crippen LogP contribution in [0.25, 0.3) is 15.6 Å².